The molecule has 25 heavy (non-hydrogen) atoms. The molecule has 0 spiro atoms. The summed E-state index contributed by atoms with van der Waals surface area (Å²) in [5.41, 5.74) is 2.03. The van der Waals surface area contributed by atoms with Crippen molar-refractivity contribution in [3.63, 3.8) is 0 Å². The maximum absolute atomic E-state index is 10.8. The summed E-state index contributed by atoms with van der Waals surface area (Å²) >= 11 is 12.2. The van der Waals surface area contributed by atoms with Gasteiger partial charge in [0.15, 0.2) is 0 Å². The lowest BCUT2D eigenvalue weighted by Crippen LogP contribution is -2.12. The molecule has 6 heteroatoms. The first-order valence-electron chi connectivity index (χ1n) is 7.60. The van der Waals surface area contributed by atoms with E-state index in [1.54, 1.807) is 42.5 Å². The number of nitrogens with one attached hydrogen (secondary N) is 1. The topological polar surface area (TPSA) is 62.5 Å². The van der Waals surface area contributed by atoms with Crippen LogP contribution in [-0.4, -0.2) is 11.1 Å². The normalized spacial score (nSPS) is 10.8. The molecule has 2 N–H and O–H groups in total. The van der Waals surface area contributed by atoms with E-state index in [2.05, 4.69) is 5.32 Å². The van der Waals surface area contributed by atoms with Gasteiger partial charge in [0.25, 0.3) is 0 Å². The molecular weight excluding hydrogens is 361 g/mol. The molecular formula is C19H15Cl2NO3. The van der Waals surface area contributed by atoms with Gasteiger partial charge in [0, 0.05) is 17.1 Å². The Morgan fingerprint density at radius 1 is 1.00 bits per heavy atom. The van der Waals surface area contributed by atoms with Crippen molar-refractivity contribution in [2.45, 2.75) is 13.1 Å². The lowest BCUT2D eigenvalue weighted by atomic mass is 10.1. The van der Waals surface area contributed by atoms with Gasteiger partial charge in [-0.05, 0) is 48.0 Å². The van der Waals surface area contributed by atoms with Crippen molar-refractivity contribution in [1.29, 1.82) is 0 Å². The fourth-order valence-corrected chi connectivity index (χ4v) is 2.78. The van der Waals surface area contributed by atoms with E-state index in [0.717, 1.165) is 16.9 Å². The highest BCUT2D eigenvalue weighted by molar-refractivity contribution is 6.35. The summed E-state index contributed by atoms with van der Waals surface area (Å²) in [4.78, 5) is 10.8. The van der Waals surface area contributed by atoms with Crippen molar-refractivity contribution < 1.29 is 14.3 Å². The van der Waals surface area contributed by atoms with E-state index in [1.807, 2.05) is 12.1 Å². The molecule has 0 aliphatic heterocycles. The zero-order chi connectivity index (χ0) is 17.8. The van der Waals surface area contributed by atoms with E-state index in [4.69, 9.17) is 32.7 Å². The zero-order valence-electron chi connectivity index (χ0n) is 13.1. The van der Waals surface area contributed by atoms with Crippen LogP contribution in [0.2, 0.25) is 10.0 Å². The molecule has 1 heterocycles. The van der Waals surface area contributed by atoms with Gasteiger partial charge in [-0.3, -0.25) is 0 Å². The lowest BCUT2D eigenvalue weighted by Gasteiger charge is -2.04. The predicted molar refractivity (Wildman–Crippen MR) is 98.1 cm³/mol. The van der Waals surface area contributed by atoms with E-state index < -0.39 is 5.97 Å². The summed E-state index contributed by atoms with van der Waals surface area (Å²) in [6, 6.07) is 15.7. The van der Waals surface area contributed by atoms with Crippen LogP contribution in [0.15, 0.2) is 59.0 Å². The molecule has 0 unspecified atom stereocenters. The minimum Gasteiger partial charge on any atom is -0.478 e. The summed E-state index contributed by atoms with van der Waals surface area (Å²) in [7, 11) is 0. The van der Waals surface area contributed by atoms with Crippen LogP contribution >= 0.6 is 23.2 Å². The number of benzene rings is 2. The van der Waals surface area contributed by atoms with Crippen LogP contribution < -0.4 is 5.32 Å². The van der Waals surface area contributed by atoms with E-state index in [9.17, 15) is 4.79 Å². The van der Waals surface area contributed by atoms with Gasteiger partial charge in [0.2, 0.25) is 0 Å². The van der Waals surface area contributed by atoms with Gasteiger partial charge in [-0.2, -0.15) is 0 Å². The molecule has 3 aromatic rings. The number of aromatic carboxylic acids is 1. The van der Waals surface area contributed by atoms with Gasteiger partial charge < -0.3 is 14.8 Å². The molecule has 0 saturated heterocycles. The third-order valence-corrected chi connectivity index (χ3v) is 4.25. The van der Waals surface area contributed by atoms with Crippen LogP contribution in [-0.2, 0) is 13.1 Å². The van der Waals surface area contributed by atoms with Crippen molar-refractivity contribution in [1.82, 2.24) is 5.32 Å². The number of halogens is 2. The molecule has 0 bridgehead atoms. The second-order valence-electron chi connectivity index (χ2n) is 5.50. The van der Waals surface area contributed by atoms with Gasteiger partial charge >= 0.3 is 5.97 Å². The largest absolute Gasteiger partial charge is 0.478 e. The van der Waals surface area contributed by atoms with E-state index in [1.165, 1.54) is 0 Å². The van der Waals surface area contributed by atoms with Crippen LogP contribution in [0.5, 0.6) is 0 Å². The van der Waals surface area contributed by atoms with Gasteiger partial charge in [0.1, 0.15) is 11.5 Å². The molecule has 128 valence electrons. The minimum absolute atomic E-state index is 0.276. The number of carboxylic acid groups (broad SMARTS) is 1. The summed E-state index contributed by atoms with van der Waals surface area (Å²) in [6.07, 6.45) is 0. The number of furan rings is 1. The fourth-order valence-electron chi connectivity index (χ4n) is 2.40. The Morgan fingerprint density at radius 3 is 2.48 bits per heavy atom. The molecule has 0 amide bonds. The van der Waals surface area contributed by atoms with Crippen LogP contribution in [0.3, 0.4) is 0 Å². The van der Waals surface area contributed by atoms with Crippen molar-refractivity contribution >= 4 is 29.2 Å². The first-order valence-corrected chi connectivity index (χ1v) is 8.35. The number of carbonyl (C=O) groups is 1. The van der Waals surface area contributed by atoms with E-state index >= 15 is 0 Å². The maximum Gasteiger partial charge on any atom is 0.335 e. The van der Waals surface area contributed by atoms with Gasteiger partial charge in [0.05, 0.1) is 17.1 Å². The monoisotopic (exact) mass is 375 g/mol. The van der Waals surface area contributed by atoms with Gasteiger partial charge in [-0.15, -0.1) is 0 Å². The second-order valence-corrected chi connectivity index (χ2v) is 6.34. The molecule has 1 aromatic heterocycles. The number of rotatable bonds is 6. The molecule has 3 rings (SSSR count). The molecule has 0 atom stereocenters. The fraction of sp³-hybridized carbons (Fsp3) is 0.105. The third kappa shape index (κ3) is 4.42. The smallest absolute Gasteiger partial charge is 0.335 e. The Bertz CT molecular complexity index is 888. The average Bonchev–Trinajstić information content (AvgIpc) is 3.06. The number of carboxylic acids is 1. The first kappa shape index (κ1) is 17.5. The molecule has 0 radical (unpaired) electrons. The highest BCUT2D eigenvalue weighted by atomic mass is 35.5. The SMILES string of the molecule is O=C(O)c1ccc(CNCc2ccc(-c3cc(Cl)ccc3Cl)o2)cc1. The van der Waals surface area contributed by atoms with E-state index in [0.29, 0.717) is 28.9 Å². The Labute approximate surface area is 155 Å². The summed E-state index contributed by atoms with van der Waals surface area (Å²) in [5.74, 6) is 0.505. The van der Waals surface area contributed by atoms with Gasteiger partial charge in [-0.1, -0.05) is 35.3 Å². The standard InChI is InChI=1S/C19H15Cl2NO3/c20-14-5-7-17(21)16(9-14)18-8-6-15(25-18)11-22-10-12-1-3-13(4-2-12)19(23)24/h1-9,22H,10-11H2,(H,23,24). The van der Waals surface area contributed by atoms with Crippen molar-refractivity contribution in [3.05, 3.63) is 81.5 Å². The molecule has 0 aliphatic carbocycles. The Morgan fingerprint density at radius 2 is 1.76 bits per heavy atom. The molecule has 2 aromatic carbocycles. The van der Waals surface area contributed by atoms with Crippen LogP contribution in [0, 0.1) is 0 Å². The van der Waals surface area contributed by atoms with Gasteiger partial charge in [-0.25, -0.2) is 4.79 Å². The second kappa shape index (κ2) is 7.74. The van der Waals surface area contributed by atoms with Crippen molar-refractivity contribution in [2.24, 2.45) is 0 Å². The molecule has 4 nitrogen and oxygen atoms in total. The van der Waals surface area contributed by atoms with Crippen LogP contribution in [0.1, 0.15) is 21.7 Å². The lowest BCUT2D eigenvalue weighted by molar-refractivity contribution is 0.0697. The summed E-state index contributed by atoms with van der Waals surface area (Å²) in [5, 5.41) is 13.3. The molecule has 0 fully saturated rings. The maximum atomic E-state index is 10.8. The summed E-state index contributed by atoms with van der Waals surface area (Å²) in [6.45, 7) is 1.15. The average molecular weight is 376 g/mol. The summed E-state index contributed by atoms with van der Waals surface area (Å²) < 4.78 is 5.81. The van der Waals surface area contributed by atoms with Crippen LogP contribution in [0.25, 0.3) is 11.3 Å². The minimum atomic E-state index is -0.928. The first-order chi connectivity index (χ1) is 12.0. The zero-order valence-corrected chi connectivity index (χ0v) is 14.6. The number of hydrogen-bond donors (Lipinski definition) is 2. The van der Waals surface area contributed by atoms with E-state index in [-0.39, 0.29) is 5.56 Å². The molecule has 0 aliphatic rings. The van der Waals surface area contributed by atoms with Crippen LogP contribution in [0.4, 0.5) is 0 Å². The highest BCUT2D eigenvalue weighted by Gasteiger charge is 2.09. The Balaban J connectivity index is 1.60. The molecule has 0 saturated carbocycles. The highest BCUT2D eigenvalue weighted by Crippen LogP contribution is 2.31. The Hall–Kier alpha value is -2.27. The third-order valence-electron chi connectivity index (χ3n) is 3.68. The quantitative estimate of drug-likeness (QED) is 0.618. The predicted octanol–water partition coefficient (Wildman–Crippen LogP) is 5.24. The number of hydrogen-bond acceptors (Lipinski definition) is 3. The van der Waals surface area contributed by atoms with Crippen molar-refractivity contribution in [2.75, 3.05) is 0 Å². The Kier molecular flexibility index (Phi) is 5.43. The van der Waals surface area contributed by atoms with Crippen molar-refractivity contribution in [3.8, 4) is 11.3 Å².